The molecule has 1 aliphatic rings. The zero-order valence-electron chi connectivity index (χ0n) is 7.33. The summed E-state index contributed by atoms with van der Waals surface area (Å²) in [5.74, 6) is -0.403. The van der Waals surface area contributed by atoms with E-state index in [4.69, 9.17) is 5.11 Å². The number of carbonyl (C=O) groups is 2. The van der Waals surface area contributed by atoms with E-state index in [1.165, 1.54) is 6.92 Å². The van der Waals surface area contributed by atoms with Crippen molar-refractivity contribution in [3.63, 3.8) is 0 Å². The largest absolute Gasteiger partial charge is 0.395 e. The Labute approximate surface area is 75.8 Å². The van der Waals surface area contributed by atoms with E-state index in [-0.39, 0.29) is 12.0 Å². The number of imide groups is 1. The van der Waals surface area contributed by atoms with Crippen molar-refractivity contribution in [1.29, 1.82) is 0 Å². The molecule has 0 saturated carbocycles. The van der Waals surface area contributed by atoms with Crippen LogP contribution in [-0.4, -0.2) is 30.2 Å². The second-order valence-electron chi connectivity index (χ2n) is 3.09. The smallest absolute Gasteiger partial charge is 0.321 e. The quantitative estimate of drug-likeness (QED) is 0.511. The summed E-state index contributed by atoms with van der Waals surface area (Å²) in [6.07, 6.45) is 3.61. The normalized spacial score (nSPS) is 16.5. The van der Waals surface area contributed by atoms with Gasteiger partial charge < -0.3 is 10.4 Å². The molecule has 0 aliphatic heterocycles. The summed E-state index contributed by atoms with van der Waals surface area (Å²) in [4.78, 5) is 21.3. The molecule has 5 nitrogen and oxygen atoms in total. The first-order valence-electron chi connectivity index (χ1n) is 3.95. The van der Waals surface area contributed by atoms with Crippen LogP contribution in [0.5, 0.6) is 0 Å². The molecule has 1 rings (SSSR count). The number of rotatable bonds is 3. The standard InChI is InChI=1S/C8H12N2O3/c1-6(12)10-7(13)9-4-8(5-11)2-3-8/h2-3,11H,4-5H2,1H3,(H2,9,10,12,13). The van der Waals surface area contributed by atoms with E-state index in [1.54, 1.807) is 12.2 Å². The van der Waals surface area contributed by atoms with Crippen molar-refractivity contribution < 1.29 is 14.7 Å². The molecular weight excluding hydrogens is 172 g/mol. The van der Waals surface area contributed by atoms with Crippen LogP contribution in [0.3, 0.4) is 0 Å². The number of hydrogen-bond acceptors (Lipinski definition) is 3. The summed E-state index contributed by atoms with van der Waals surface area (Å²) in [7, 11) is 0. The summed E-state index contributed by atoms with van der Waals surface area (Å²) in [6.45, 7) is 1.56. The first-order chi connectivity index (χ1) is 6.08. The third-order valence-corrected chi connectivity index (χ3v) is 1.80. The highest BCUT2D eigenvalue weighted by Gasteiger charge is 2.33. The van der Waals surface area contributed by atoms with Gasteiger partial charge in [0.2, 0.25) is 5.91 Å². The van der Waals surface area contributed by atoms with Gasteiger partial charge in [-0.3, -0.25) is 10.1 Å². The molecule has 0 aromatic carbocycles. The molecule has 3 amide bonds. The van der Waals surface area contributed by atoms with E-state index in [0.717, 1.165) is 0 Å². The number of amides is 3. The Kier molecular flexibility index (Phi) is 2.67. The first kappa shape index (κ1) is 9.73. The van der Waals surface area contributed by atoms with Gasteiger partial charge in [0.1, 0.15) is 0 Å². The Morgan fingerprint density at radius 2 is 2.08 bits per heavy atom. The molecule has 1 aliphatic carbocycles. The molecule has 0 atom stereocenters. The predicted molar refractivity (Wildman–Crippen MR) is 45.9 cm³/mol. The van der Waals surface area contributed by atoms with Crippen molar-refractivity contribution in [2.75, 3.05) is 13.2 Å². The molecule has 0 saturated heterocycles. The monoisotopic (exact) mass is 184 g/mol. The topological polar surface area (TPSA) is 78.4 Å². The summed E-state index contributed by atoms with van der Waals surface area (Å²) in [5.41, 5.74) is -0.367. The lowest BCUT2D eigenvalue weighted by molar-refractivity contribution is -0.117. The minimum Gasteiger partial charge on any atom is -0.395 e. The third-order valence-electron chi connectivity index (χ3n) is 1.80. The predicted octanol–water partition coefficient (Wildman–Crippen LogP) is -0.619. The summed E-state index contributed by atoms with van der Waals surface area (Å²) in [6, 6.07) is -0.533. The molecule has 0 spiro atoms. The van der Waals surface area contributed by atoms with Crippen molar-refractivity contribution >= 4 is 11.9 Å². The Bertz CT molecular complexity index is 254. The van der Waals surface area contributed by atoms with Crippen molar-refractivity contribution in [3.8, 4) is 0 Å². The highest BCUT2D eigenvalue weighted by Crippen LogP contribution is 2.32. The van der Waals surface area contributed by atoms with Crippen molar-refractivity contribution in [1.82, 2.24) is 10.6 Å². The lowest BCUT2D eigenvalue weighted by Crippen LogP contribution is -2.41. The van der Waals surface area contributed by atoms with Gasteiger partial charge in [-0.2, -0.15) is 0 Å². The molecule has 3 N–H and O–H groups in total. The maximum Gasteiger partial charge on any atom is 0.321 e. The first-order valence-corrected chi connectivity index (χ1v) is 3.95. The Morgan fingerprint density at radius 1 is 1.46 bits per heavy atom. The van der Waals surface area contributed by atoms with Gasteiger partial charge in [-0.1, -0.05) is 12.2 Å². The van der Waals surface area contributed by atoms with E-state index in [2.05, 4.69) is 10.6 Å². The fourth-order valence-electron chi connectivity index (χ4n) is 0.846. The second kappa shape index (κ2) is 3.57. The third kappa shape index (κ3) is 2.87. The minimum atomic E-state index is -0.533. The Morgan fingerprint density at radius 3 is 2.46 bits per heavy atom. The van der Waals surface area contributed by atoms with Crippen LogP contribution in [0.4, 0.5) is 4.79 Å². The van der Waals surface area contributed by atoms with Gasteiger partial charge in [-0.05, 0) is 0 Å². The number of carbonyl (C=O) groups excluding carboxylic acids is 2. The molecule has 13 heavy (non-hydrogen) atoms. The van der Waals surface area contributed by atoms with E-state index in [9.17, 15) is 9.59 Å². The zero-order chi connectivity index (χ0) is 9.90. The SMILES string of the molecule is CC(=O)NC(=O)NCC1(CO)C=C1. The van der Waals surface area contributed by atoms with Gasteiger partial charge in [-0.15, -0.1) is 0 Å². The molecule has 0 aromatic heterocycles. The average Bonchev–Trinajstić information content (AvgIpc) is 2.80. The van der Waals surface area contributed by atoms with Gasteiger partial charge in [0.15, 0.2) is 0 Å². The molecule has 0 bridgehead atoms. The number of urea groups is 1. The molecular formula is C8H12N2O3. The maximum atomic E-state index is 10.9. The summed E-state index contributed by atoms with van der Waals surface area (Å²) in [5, 5.41) is 13.4. The molecule has 5 heteroatoms. The second-order valence-corrected chi connectivity index (χ2v) is 3.09. The fraction of sp³-hybridized carbons (Fsp3) is 0.500. The van der Waals surface area contributed by atoms with Crippen molar-refractivity contribution in [3.05, 3.63) is 12.2 Å². The lowest BCUT2D eigenvalue weighted by atomic mass is 10.1. The Balaban J connectivity index is 2.19. The van der Waals surface area contributed by atoms with E-state index < -0.39 is 11.9 Å². The number of nitrogens with one attached hydrogen (secondary N) is 2. The minimum absolute atomic E-state index is 0.0205. The average molecular weight is 184 g/mol. The maximum absolute atomic E-state index is 10.9. The summed E-state index contributed by atoms with van der Waals surface area (Å²) >= 11 is 0. The van der Waals surface area contributed by atoms with Crippen LogP contribution in [0.15, 0.2) is 12.2 Å². The van der Waals surface area contributed by atoms with Gasteiger partial charge in [0, 0.05) is 18.9 Å². The van der Waals surface area contributed by atoms with Crippen LogP contribution in [0.25, 0.3) is 0 Å². The van der Waals surface area contributed by atoms with Crippen LogP contribution < -0.4 is 10.6 Å². The van der Waals surface area contributed by atoms with Crippen LogP contribution in [0, 0.1) is 5.41 Å². The van der Waals surface area contributed by atoms with Crippen LogP contribution in [0.2, 0.25) is 0 Å². The number of hydrogen-bond donors (Lipinski definition) is 3. The molecule has 72 valence electrons. The van der Waals surface area contributed by atoms with E-state index in [0.29, 0.717) is 6.54 Å². The molecule has 0 aromatic rings. The van der Waals surface area contributed by atoms with Crippen LogP contribution in [0.1, 0.15) is 6.92 Å². The van der Waals surface area contributed by atoms with Crippen molar-refractivity contribution in [2.45, 2.75) is 6.92 Å². The van der Waals surface area contributed by atoms with Crippen LogP contribution >= 0.6 is 0 Å². The Hall–Kier alpha value is -1.36. The molecule has 0 radical (unpaired) electrons. The van der Waals surface area contributed by atoms with E-state index in [1.807, 2.05) is 0 Å². The lowest BCUT2D eigenvalue weighted by Gasteiger charge is -2.12. The molecule has 0 fully saturated rings. The van der Waals surface area contributed by atoms with Gasteiger partial charge in [0.05, 0.1) is 6.61 Å². The van der Waals surface area contributed by atoms with Crippen molar-refractivity contribution in [2.24, 2.45) is 5.41 Å². The highest BCUT2D eigenvalue weighted by molar-refractivity contribution is 5.93. The highest BCUT2D eigenvalue weighted by atomic mass is 16.3. The number of aliphatic hydroxyl groups is 1. The zero-order valence-corrected chi connectivity index (χ0v) is 7.33. The van der Waals surface area contributed by atoms with Gasteiger partial charge in [-0.25, -0.2) is 4.79 Å². The summed E-state index contributed by atoms with van der Waals surface area (Å²) < 4.78 is 0. The van der Waals surface area contributed by atoms with Gasteiger partial charge in [0.25, 0.3) is 0 Å². The van der Waals surface area contributed by atoms with Crippen LogP contribution in [-0.2, 0) is 4.79 Å². The fourth-order valence-corrected chi connectivity index (χ4v) is 0.846. The molecule has 0 heterocycles. The number of aliphatic hydroxyl groups excluding tert-OH is 1. The molecule has 0 unspecified atom stereocenters. The van der Waals surface area contributed by atoms with E-state index >= 15 is 0 Å². The van der Waals surface area contributed by atoms with Gasteiger partial charge >= 0.3 is 6.03 Å².